The van der Waals surface area contributed by atoms with Gasteiger partial charge in [0.1, 0.15) is 18.4 Å². The molecule has 3 aromatic carbocycles. The average Bonchev–Trinajstić information content (AvgIpc) is 3.00. The topological polar surface area (TPSA) is 130 Å². The number of carbonyl (C=O) groups is 2. The van der Waals surface area contributed by atoms with Gasteiger partial charge in [-0.15, -0.1) is 0 Å². The van der Waals surface area contributed by atoms with Crippen molar-refractivity contribution < 1.29 is 27.3 Å². The first-order valence-corrected chi connectivity index (χ1v) is 15.2. The molecule has 10 nitrogen and oxygen atoms in total. The molecule has 1 atom stereocenters. The van der Waals surface area contributed by atoms with Crippen molar-refractivity contribution in [2.24, 2.45) is 0 Å². The molecular weight excluding hydrogens is 563 g/mol. The smallest absolute Gasteiger partial charge is 0.271 e. The highest BCUT2D eigenvalue weighted by atomic mass is 32.2. The standard InChI is InChI=1S/C30H33FN4O6S/c1-22(30(37)32-25-9-4-2-5-10-25)33(20-23-15-17-24(31)18-16-23)29(36)21-34(26-11-8-12-27(19-26)35(38)39)42(40,41)28-13-6-3-7-14-28/h3,6-8,11-19,22,25H,2,4-5,9-10,20-21H2,1H3,(H,32,37)/t22-/m1/s1. The van der Waals surface area contributed by atoms with Crippen molar-refractivity contribution in [1.29, 1.82) is 0 Å². The molecule has 222 valence electrons. The minimum Gasteiger partial charge on any atom is -0.352 e. The number of nitrogens with one attached hydrogen (secondary N) is 1. The Kier molecular flexibility index (Phi) is 9.89. The van der Waals surface area contributed by atoms with Crippen molar-refractivity contribution in [3.8, 4) is 0 Å². The molecule has 0 heterocycles. The monoisotopic (exact) mass is 596 g/mol. The molecule has 0 aliphatic heterocycles. The van der Waals surface area contributed by atoms with E-state index in [4.69, 9.17) is 0 Å². The minimum absolute atomic E-state index is 0.0173. The lowest BCUT2D eigenvalue weighted by molar-refractivity contribution is -0.384. The van der Waals surface area contributed by atoms with Crippen LogP contribution in [0.2, 0.25) is 0 Å². The molecular formula is C30H33FN4O6S. The number of nitro benzene ring substituents is 1. The first kappa shape index (κ1) is 30.6. The van der Waals surface area contributed by atoms with Crippen molar-refractivity contribution in [3.05, 3.63) is 100 Å². The van der Waals surface area contributed by atoms with Crippen LogP contribution in [0.3, 0.4) is 0 Å². The maximum Gasteiger partial charge on any atom is 0.271 e. The highest BCUT2D eigenvalue weighted by Gasteiger charge is 2.33. The summed E-state index contributed by atoms with van der Waals surface area (Å²) >= 11 is 0. The summed E-state index contributed by atoms with van der Waals surface area (Å²) in [5.41, 5.74) is 0.105. The lowest BCUT2D eigenvalue weighted by atomic mass is 9.95. The molecule has 1 aliphatic carbocycles. The van der Waals surface area contributed by atoms with Crippen molar-refractivity contribution in [2.45, 2.75) is 62.6 Å². The van der Waals surface area contributed by atoms with E-state index in [-0.39, 0.29) is 34.8 Å². The first-order chi connectivity index (χ1) is 20.1. The maximum atomic E-state index is 14.0. The van der Waals surface area contributed by atoms with E-state index in [1.807, 2.05) is 0 Å². The molecule has 1 N–H and O–H groups in total. The number of hydrogen-bond acceptors (Lipinski definition) is 6. The van der Waals surface area contributed by atoms with Crippen molar-refractivity contribution in [2.75, 3.05) is 10.8 Å². The summed E-state index contributed by atoms with van der Waals surface area (Å²) in [7, 11) is -4.36. The van der Waals surface area contributed by atoms with Gasteiger partial charge < -0.3 is 10.2 Å². The van der Waals surface area contributed by atoms with E-state index in [2.05, 4.69) is 5.32 Å². The summed E-state index contributed by atoms with van der Waals surface area (Å²) in [6, 6.07) is 16.9. The molecule has 0 radical (unpaired) electrons. The van der Waals surface area contributed by atoms with Gasteiger partial charge in [-0.05, 0) is 55.7 Å². The second-order valence-corrected chi connectivity index (χ2v) is 12.1. The zero-order valence-corrected chi connectivity index (χ0v) is 24.0. The number of nitrogens with zero attached hydrogens (tertiary/aromatic N) is 3. The highest BCUT2D eigenvalue weighted by Crippen LogP contribution is 2.28. The molecule has 0 saturated heterocycles. The third-order valence-corrected chi connectivity index (χ3v) is 9.11. The third-order valence-electron chi connectivity index (χ3n) is 7.32. The molecule has 0 unspecified atom stereocenters. The maximum absolute atomic E-state index is 14.0. The van der Waals surface area contributed by atoms with Crippen LogP contribution < -0.4 is 9.62 Å². The van der Waals surface area contributed by atoms with Crippen molar-refractivity contribution in [3.63, 3.8) is 0 Å². The van der Waals surface area contributed by atoms with E-state index in [1.54, 1.807) is 13.0 Å². The molecule has 4 rings (SSSR count). The predicted octanol–water partition coefficient (Wildman–Crippen LogP) is 4.80. The first-order valence-electron chi connectivity index (χ1n) is 13.7. The van der Waals surface area contributed by atoms with Gasteiger partial charge in [-0.25, -0.2) is 12.8 Å². The largest absolute Gasteiger partial charge is 0.352 e. The number of sulfonamides is 1. The molecule has 0 aromatic heterocycles. The Labute approximate surface area is 244 Å². The number of carbonyl (C=O) groups excluding carboxylic acids is 2. The number of amides is 2. The molecule has 1 saturated carbocycles. The van der Waals surface area contributed by atoms with E-state index in [9.17, 15) is 32.5 Å². The van der Waals surface area contributed by atoms with Crippen LogP contribution in [-0.2, 0) is 26.2 Å². The summed E-state index contributed by atoms with van der Waals surface area (Å²) in [5, 5.41) is 14.5. The van der Waals surface area contributed by atoms with Crippen LogP contribution in [0.5, 0.6) is 0 Å². The summed E-state index contributed by atoms with van der Waals surface area (Å²) in [6.45, 7) is 0.732. The van der Waals surface area contributed by atoms with Crippen LogP contribution in [0.25, 0.3) is 0 Å². The Hall–Kier alpha value is -4.32. The number of anilines is 1. The van der Waals surface area contributed by atoms with E-state index < -0.39 is 39.3 Å². The second kappa shape index (κ2) is 13.6. The Morgan fingerprint density at radius 3 is 2.31 bits per heavy atom. The number of benzene rings is 3. The van der Waals surface area contributed by atoms with Gasteiger partial charge in [0.2, 0.25) is 11.8 Å². The van der Waals surface area contributed by atoms with Crippen LogP contribution >= 0.6 is 0 Å². The van der Waals surface area contributed by atoms with Crippen LogP contribution in [0, 0.1) is 15.9 Å². The number of non-ortho nitro benzene ring substituents is 1. The van der Waals surface area contributed by atoms with Gasteiger partial charge >= 0.3 is 0 Å². The summed E-state index contributed by atoms with van der Waals surface area (Å²) in [5.74, 6) is -1.56. The fourth-order valence-corrected chi connectivity index (χ4v) is 6.38. The van der Waals surface area contributed by atoms with Crippen LogP contribution in [-0.4, -0.2) is 48.7 Å². The van der Waals surface area contributed by atoms with Gasteiger partial charge in [-0.3, -0.25) is 24.0 Å². The molecule has 2 amide bonds. The normalized spacial score (nSPS) is 14.5. The van der Waals surface area contributed by atoms with Crippen molar-refractivity contribution in [1.82, 2.24) is 10.2 Å². The molecule has 3 aromatic rings. The second-order valence-electron chi connectivity index (χ2n) is 10.3. The Morgan fingerprint density at radius 1 is 1.00 bits per heavy atom. The molecule has 12 heteroatoms. The minimum atomic E-state index is -4.36. The molecule has 1 fully saturated rings. The molecule has 1 aliphatic rings. The number of nitro groups is 1. The zero-order chi connectivity index (χ0) is 30.3. The van der Waals surface area contributed by atoms with Gasteiger partial charge in [0, 0.05) is 24.7 Å². The number of halogens is 1. The van der Waals surface area contributed by atoms with E-state index in [0.717, 1.165) is 42.5 Å². The SMILES string of the molecule is C[C@H](C(=O)NC1CCCCC1)N(Cc1ccc(F)cc1)C(=O)CN(c1cccc([N+](=O)[O-])c1)S(=O)(=O)c1ccccc1. The van der Waals surface area contributed by atoms with Gasteiger partial charge in [0.05, 0.1) is 15.5 Å². The quantitative estimate of drug-likeness (QED) is 0.250. The molecule has 0 spiro atoms. The van der Waals surface area contributed by atoms with Gasteiger partial charge in [-0.1, -0.05) is 55.7 Å². The van der Waals surface area contributed by atoms with E-state index in [1.165, 1.54) is 71.6 Å². The zero-order valence-electron chi connectivity index (χ0n) is 23.2. The Morgan fingerprint density at radius 2 is 1.67 bits per heavy atom. The van der Waals surface area contributed by atoms with Crippen molar-refractivity contribution >= 4 is 33.2 Å². The Bertz CT molecular complexity index is 1510. The highest BCUT2D eigenvalue weighted by molar-refractivity contribution is 7.92. The number of hydrogen-bond donors (Lipinski definition) is 1. The van der Waals surface area contributed by atoms with Gasteiger partial charge in [0.15, 0.2) is 0 Å². The van der Waals surface area contributed by atoms with Crippen LogP contribution in [0.1, 0.15) is 44.6 Å². The lowest BCUT2D eigenvalue weighted by Gasteiger charge is -2.33. The average molecular weight is 597 g/mol. The van der Waals surface area contributed by atoms with Gasteiger partial charge in [0.25, 0.3) is 15.7 Å². The van der Waals surface area contributed by atoms with Gasteiger partial charge in [-0.2, -0.15) is 0 Å². The summed E-state index contributed by atoms with van der Waals surface area (Å²) in [4.78, 5) is 39.2. The Balaban J connectivity index is 1.69. The number of rotatable bonds is 11. The van der Waals surface area contributed by atoms with E-state index in [0.29, 0.717) is 5.56 Å². The van der Waals surface area contributed by atoms with Crippen LogP contribution in [0.15, 0.2) is 83.8 Å². The lowest BCUT2D eigenvalue weighted by Crippen LogP contribution is -2.53. The summed E-state index contributed by atoms with van der Waals surface area (Å²) in [6.07, 6.45) is 4.75. The van der Waals surface area contributed by atoms with Crippen LogP contribution in [0.4, 0.5) is 15.8 Å². The predicted molar refractivity (Wildman–Crippen MR) is 155 cm³/mol. The summed E-state index contributed by atoms with van der Waals surface area (Å²) < 4.78 is 42.0. The molecule has 0 bridgehead atoms. The fraction of sp³-hybridized carbons (Fsp3) is 0.333. The fourth-order valence-electron chi connectivity index (χ4n) is 4.95. The third kappa shape index (κ3) is 7.49. The molecule has 42 heavy (non-hydrogen) atoms. The van der Waals surface area contributed by atoms with E-state index >= 15 is 0 Å².